The van der Waals surface area contributed by atoms with Crippen molar-refractivity contribution in [2.24, 2.45) is 0 Å². The molecule has 1 aromatic carbocycles. The summed E-state index contributed by atoms with van der Waals surface area (Å²) in [5.74, 6) is -0.0909. The van der Waals surface area contributed by atoms with E-state index in [1.54, 1.807) is 42.3 Å². The Morgan fingerprint density at radius 2 is 1.90 bits per heavy atom. The van der Waals surface area contributed by atoms with Crippen molar-refractivity contribution in [2.75, 3.05) is 20.2 Å². The Labute approximate surface area is 182 Å². The molecule has 1 amide bonds. The van der Waals surface area contributed by atoms with Crippen LogP contribution >= 0.6 is 11.8 Å². The van der Waals surface area contributed by atoms with Gasteiger partial charge >= 0.3 is 0 Å². The normalized spacial score (nSPS) is 10.8. The molecular weight excluding hydrogens is 421 g/mol. The van der Waals surface area contributed by atoms with Crippen LogP contribution in [0.3, 0.4) is 0 Å². The Morgan fingerprint density at radius 3 is 2.58 bits per heavy atom. The fraction of sp³-hybridized carbons (Fsp3) is 0.286. The Kier molecular flexibility index (Phi) is 7.85. The second kappa shape index (κ2) is 10.8. The summed E-state index contributed by atoms with van der Waals surface area (Å²) in [7, 11) is 1.60. The molecule has 0 spiro atoms. The van der Waals surface area contributed by atoms with Crippen molar-refractivity contribution in [3.63, 3.8) is 0 Å². The minimum atomic E-state index is -0.391. The van der Waals surface area contributed by atoms with E-state index in [2.05, 4.69) is 15.0 Å². The smallest absolute Gasteiger partial charge is 0.277 e. The van der Waals surface area contributed by atoms with Crippen molar-refractivity contribution in [3.8, 4) is 0 Å². The predicted octanol–water partition coefficient (Wildman–Crippen LogP) is 1.51. The molecule has 0 aliphatic rings. The summed E-state index contributed by atoms with van der Waals surface area (Å²) in [5, 5.41) is 9.47. The van der Waals surface area contributed by atoms with E-state index in [1.165, 1.54) is 35.1 Å². The minimum Gasteiger partial charge on any atom is -0.395 e. The highest BCUT2D eigenvalue weighted by Crippen LogP contribution is 2.21. The topological polar surface area (TPSA) is 101 Å². The molecule has 3 rings (SSSR count). The first kappa shape index (κ1) is 22.6. The number of amides is 1. The van der Waals surface area contributed by atoms with Crippen LogP contribution in [0.25, 0.3) is 0 Å². The lowest BCUT2D eigenvalue weighted by Crippen LogP contribution is -2.33. The summed E-state index contributed by atoms with van der Waals surface area (Å²) in [6, 6.07) is 6.06. The van der Waals surface area contributed by atoms with Gasteiger partial charge in [-0.2, -0.15) is 4.98 Å². The summed E-state index contributed by atoms with van der Waals surface area (Å²) in [6.07, 6.45) is 6.56. The molecule has 0 unspecified atom stereocenters. The molecule has 0 aliphatic carbocycles. The molecule has 8 nitrogen and oxygen atoms in total. The Morgan fingerprint density at radius 1 is 1.19 bits per heavy atom. The monoisotopic (exact) mass is 443 g/mol. The van der Waals surface area contributed by atoms with Crippen LogP contribution in [-0.4, -0.2) is 55.6 Å². The maximum atomic E-state index is 13.1. The van der Waals surface area contributed by atoms with E-state index in [9.17, 15) is 14.0 Å². The van der Waals surface area contributed by atoms with Gasteiger partial charge in [0.25, 0.3) is 5.56 Å². The molecule has 31 heavy (non-hydrogen) atoms. The SMILES string of the molecule is CN(CCO)C(=O)Cn1cc(Cc2cncnc2)c(=O)nc1SCc1ccc(F)cc1. The predicted molar refractivity (Wildman–Crippen MR) is 114 cm³/mol. The van der Waals surface area contributed by atoms with Crippen molar-refractivity contribution in [2.45, 2.75) is 23.9 Å². The van der Waals surface area contributed by atoms with Crippen LogP contribution in [0, 0.1) is 5.82 Å². The third kappa shape index (κ3) is 6.43. The fourth-order valence-electron chi connectivity index (χ4n) is 2.78. The van der Waals surface area contributed by atoms with E-state index in [-0.39, 0.29) is 37.8 Å². The van der Waals surface area contributed by atoms with Crippen LogP contribution in [0.4, 0.5) is 4.39 Å². The lowest BCUT2D eigenvalue weighted by Gasteiger charge is -2.19. The van der Waals surface area contributed by atoms with Crippen LogP contribution in [0.5, 0.6) is 0 Å². The number of carbonyl (C=O) groups is 1. The Balaban J connectivity index is 1.87. The number of aromatic nitrogens is 4. The highest BCUT2D eigenvalue weighted by molar-refractivity contribution is 7.98. The van der Waals surface area contributed by atoms with Crippen molar-refractivity contribution in [3.05, 3.63) is 82.0 Å². The molecule has 0 saturated carbocycles. The van der Waals surface area contributed by atoms with Gasteiger partial charge in [-0.05, 0) is 23.3 Å². The largest absolute Gasteiger partial charge is 0.395 e. The van der Waals surface area contributed by atoms with Gasteiger partial charge in [-0.1, -0.05) is 23.9 Å². The highest BCUT2D eigenvalue weighted by atomic mass is 32.2. The van der Waals surface area contributed by atoms with Gasteiger partial charge in [-0.3, -0.25) is 9.59 Å². The van der Waals surface area contributed by atoms with Gasteiger partial charge < -0.3 is 14.6 Å². The molecule has 0 atom stereocenters. The standard InChI is InChI=1S/C21H22FN5O3S/c1-26(6-7-28)19(29)12-27-11-17(8-16-9-23-14-24-10-16)20(30)25-21(27)31-13-15-2-4-18(22)5-3-15/h2-5,9-11,14,28H,6-8,12-13H2,1H3. The van der Waals surface area contributed by atoms with Crippen molar-refractivity contribution >= 4 is 17.7 Å². The molecule has 0 fully saturated rings. The summed E-state index contributed by atoms with van der Waals surface area (Å²) < 4.78 is 14.8. The number of halogens is 1. The van der Waals surface area contributed by atoms with E-state index in [1.807, 2.05) is 0 Å². The second-order valence-electron chi connectivity index (χ2n) is 6.86. The number of aliphatic hydroxyl groups is 1. The van der Waals surface area contributed by atoms with Crippen molar-refractivity contribution in [1.29, 1.82) is 0 Å². The Bertz CT molecular complexity index is 1080. The molecule has 2 aromatic heterocycles. The molecule has 0 bridgehead atoms. The number of hydrogen-bond acceptors (Lipinski definition) is 7. The minimum absolute atomic E-state index is 0.0339. The number of nitrogens with zero attached hydrogens (tertiary/aromatic N) is 5. The molecule has 2 heterocycles. The van der Waals surface area contributed by atoms with Gasteiger partial charge in [0.15, 0.2) is 5.16 Å². The molecule has 10 heteroatoms. The molecule has 0 radical (unpaired) electrons. The van der Waals surface area contributed by atoms with Gasteiger partial charge in [0.1, 0.15) is 18.7 Å². The van der Waals surface area contributed by atoms with E-state index in [0.29, 0.717) is 16.5 Å². The van der Waals surface area contributed by atoms with Crippen LogP contribution in [-0.2, 0) is 23.5 Å². The lowest BCUT2D eigenvalue weighted by atomic mass is 10.1. The van der Waals surface area contributed by atoms with Gasteiger partial charge in [-0.25, -0.2) is 14.4 Å². The van der Waals surface area contributed by atoms with Crippen LogP contribution in [0.2, 0.25) is 0 Å². The maximum Gasteiger partial charge on any atom is 0.277 e. The lowest BCUT2D eigenvalue weighted by molar-refractivity contribution is -0.131. The average Bonchev–Trinajstić information content (AvgIpc) is 2.76. The van der Waals surface area contributed by atoms with Gasteiger partial charge in [-0.15, -0.1) is 0 Å². The maximum absolute atomic E-state index is 13.1. The first-order valence-electron chi connectivity index (χ1n) is 9.52. The van der Waals surface area contributed by atoms with E-state index in [0.717, 1.165) is 11.1 Å². The quantitative estimate of drug-likeness (QED) is 0.395. The third-order valence-corrected chi connectivity index (χ3v) is 5.55. The number of thioether (sulfide) groups is 1. The summed E-state index contributed by atoms with van der Waals surface area (Å²) >= 11 is 1.29. The summed E-state index contributed by atoms with van der Waals surface area (Å²) in [4.78, 5) is 38.7. The third-order valence-electron chi connectivity index (χ3n) is 4.49. The number of aliphatic hydroxyl groups excluding tert-OH is 1. The first-order chi connectivity index (χ1) is 15.0. The average molecular weight is 444 g/mol. The number of carbonyl (C=O) groups excluding carboxylic acids is 1. The zero-order chi connectivity index (χ0) is 22.2. The van der Waals surface area contributed by atoms with Gasteiger partial charge in [0, 0.05) is 49.9 Å². The zero-order valence-corrected chi connectivity index (χ0v) is 17.8. The molecule has 0 saturated heterocycles. The molecule has 162 valence electrons. The number of rotatable bonds is 9. The molecule has 1 N–H and O–H groups in total. The molecular formula is C21H22FN5O3S. The van der Waals surface area contributed by atoms with Crippen LogP contribution < -0.4 is 5.56 Å². The van der Waals surface area contributed by atoms with E-state index in [4.69, 9.17) is 5.11 Å². The van der Waals surface area contributed by atoms with E-state index >= 15 is 0 Å². The highest BCUT2D eigenvalue weighted by Gasteiger charge is 2.15. The van der Waals surface area contributed by atoms with Gasteiger partial charge in [0.05, 0.1) is 6.61 Å². The molecule has 3 aromatic rings. The fourth-order valence-corrected chi connectivity index (χ4v) is 3.70. The second-order valence-corrected chi connectivity index (χ2v) is 7.80. The first-order valence-corrected chi connectivity index (χ1v) is 10.5. The molecule has 0 aliphatic heterocycles. The number of likely N-dealkylation sites (N-methyl/N-ethyl adjacent to an activating group) is 1. The zero-order valence-electron chi connectivity index (χ0n) is 16.9. The summed E-state index contributed by atoms with van der Waals surface area (Å²) in [6.45, 7) is 0.0304. The van der Waals surface area contributed by atoms with Crippen LogP contribution in [0.1, 0.15) is 16.7 Å². The van der Waals surface area contributed by atoms with Crippen molar-refractivity contribution in [1.82, 2.24) is 24.4 Å². The van der Waals surface area contributed by atoms with Crippen LogP contribution in [0.15, 0.2) is 59.1 Å². The summed E-state index contributed by atoms with van der Waals surface area (Å²) in [5.41, 5.74) is 1.64. The van der Waals surface area contributed by atoms with E-state index < -0.39 is 5.56 Å². The number of hydrogen-bond donors (Lipinski definition) is 1. The van der Waals surface area contributed by atoms with Gasteiger partial charge in [0.2, 0.25) is 5.91 Å². The Hall–Kier alpha value is -3.11. The number of benzene rings is 1. The van der Waals surface area contributed by atoms with Crippen molar-refractivity contribution < 1.29 is 14.3 Å².